The van der Waals surface area contributed by atoms with E-state index in [2.05, 4.69) is 15.6 Å². The highest BCUT2D eigenvalue weighted by molar-refractivity contribution is 6.05. The summed E-state index contributed by atoms with van der Waals surface area (Å²) in [5, 5.41) is 22.9. The van der Waals surface area contributed by atoms with Gasteiger partial charge in [-0.1, -0.05) is 6.07 Å². The number of alkyl halides is 2. The van der Waals surface area contributed by atoms with Gasteiger partial charge in [0.15, 0.2) is 5.84 Å². The Hall–Kier alpha value is -2.79. The van der Waals surface area contributed by atoms with E-state index in [1.165, 1.54) is 28.1 Å². The number of aliphatic hydroxyl groups excluding tert-OH is 1. The molecule has 0 aliphatic carbocycles. The number of amides is 2. The summed E-state index contributed by atoms with van der Waals surface area (Å²) in [6.45, 7) is 0.844. The van der Waals surface area contributed by atoms with Gasteiger partial charge < -0.3 is 25.4 Å². The fourth-order valence-corrected chi connectivity index (χ4v) is 2.60. The van der Waals surface area contributed by atoms with Gasteiger partial charge in [0, 0.05) is 32.9 Å². The molecule has 0 atom stereocenters. The number of carbonyl (C=O) groups is 1. The molecule has 2 amide bonds. The van der Waals surface area contributed by atoms with Crippen molar-refractivity contribution >= 4 is 11.9 Å². The molecular formula is C17H24F2N6O3. The van der Waals surface area contributed by atoms with Gasteiger partial charge in [-0.25, -0.2) is 18.6 Å². The van der Waals surface area contributed by atoms with E-state index in [0.29, 0.717) is 24.5 Å². The Labute approximate surface area is 161 Å². The molecule has 0 saturated carbocycles. The quantitative estimate of drug-likeness (QED) is 0.201. The summed E-state index contributed by atoms with van der Waals surface area (Å²) in [6, 6.07) is 3.96. The van der Waals surface area contributed by atoms with Crippen molar-refractivity contribution in [2.24, 2.45) is 0 Å². The first-order valence-corrected chi connectivity index (χ1v) is 8.67. The zero-order chi connectivity index (χ0) is 20.5. The van der Waals surface area contributed by atoms with Crippen molar-refractivity contribution in [1.82, 2.24) is 25.4 Å². The minimum absolute atomic E-state index is 0.0145. The Morgan fingerprint density at radius 3 is 2.93 bits per heavy atom. The van der Waals surface area contributed by atoms with E-state index in [0.717, 1.165) is 0 Å². The van der Waals surface area contributed by atoms with Gasteiger partial charge in [-0.3, -0.25) is 10.3 Å². The second-order valence-corrected chi connectivity index (χ2v) is 5.86. The van der Waals surface area contributed by atoms with Crippen molar-refractivity contribution < 1.29 is 23.4 Å². The lowest BCUT2D eigenvalue weighted by Crippen LogP contribution is -2.40. The van der Waals surface area contributed by atoms with Crippen molar-refractivity contribution in [3.05, 3.63) is 41.5 Å². The third kappa shape index (κ3) is 5.60. The first-order valence-electron chi connectivity index (χ1n) is 8.67. The van der Waals surface area contributed by atoms with Crippen LogP contribution in [0.3, 0.4) is 0 Å². The third-order valence-electron chi connectivity index (χ3n) is 3.95. The molecule has 4 N–H and O–H groups in total. The Kier molecular flexibility index (Phi) is 8.08. The van der Waals surface area contributed by atoms with Crippen LogP contribution in [0.25, 0.3) is 0 Å². The van der Waals surface area contributed by atoms with Gasteiger partial charge in [-0.2, -0.15) is 0 Å². The topological polar surface area (TPSA) is 114 Å². The SMILES string of the molecule is CN/C=C(/NCOCc1cccc(C(F)F)n1)C(=N)N1CCN(CCO)C1=O. The van der Waals surface area contributed by atoms with Crippen LogP contribution >= 0.6 is 0 Å². The van der Waals surface area contributed by atoms with Crippen molar-refractivity contribution in [2.75, 3.05) is 40.0 Å². The Balaban J connectivity index is 1.88. The average Bonchev–Trinajstić information content (AvgIpc) is 3.04. The second-order valence-electron chi connectivity index (χ2n) is 5.86. The van der Waals surface area contributed by atoms with Crippen LogP contribution in [-0.2, 0) is 11.3 Å². The molecule has 0 radical (unpaired) electrons. The highest BCUT2D eigenvalue weighted by atomic mass is 19.3. The third-order valence-corrected chi connectivity index (χ3v) is 3.95. The van der Waals surface area contributed by atoms with E-state index >= 15 is 0 Å². The first-order chi connectivity index (χ1) is 13.5. The molecule has 0 unspecified atom stereocenters. The maximum atomic E-state index is 12.7. The molecule has 2 rings (SSSR count). The van der Waals surface area contributed by atoms with Gasteiger partial charge in [0.1, 0.15) is 12.4 Å². The van der Waals surface area contributed by atoms with Gasteiger partial charge in [-0.05, 0) is 12.1 Å². The molecule has 0 bridgehead atoms. The molecule has 9 nitrogen and oxygen atoms in total. The number of amidine groups is 1. The number of β-amino-alcohol motifs (C(OH)–C–C–N with tert-alkyl or cyclic N) is 1. The van der Waals surface area contributed by atoms with E-state index in [1.807, 2.05) is 0 Å². The molecule has 1 aromatic heterocycles. The fourth-order valence-electron chi connectivity index (χ4n) is 2.60. The lowest BCUT2D eigenvalue weighted by atomic mass is 10.3. The van der Waals surface area contributed by atoms with Crippen LogP contribution in [-0.4, -0.2) is 71.8 Å². The fraction of sp³-hybridized carbons (Fsp3) is 0.471. The molecule has 28 heavy (non-hydrogen) atoms. The van der Waals surface area contributed by atoms with Crippen LogP contribution in [0.15, 0.2) is 30.1 Å². The van der Waals surface area contributed by atoms with E-state index in [4.69, 9.17) is 15.3 Å². The average molecular weight is 398 g/mol. The second kappa shape index (κ2) is 10.5. The molecular weight excluding hydrogens is 374 g/mol. The number of hydrogen-bond donors (Lipinski definition) is 4. The van der Waals surface area contributed by atoms with Crippen LogP contribution in [0, 0.1) is 5.41 Å². The maximum Gasteiger partial charge on any atom is 0.325 e. The van der Waals surface area contributed by atoms with Gasteiger partial charge in [0.25, 0.3) is 6.43 Å². The summed E-state index contributed by atoms with van der Waals surface area (Å²) in [6.07, 6.45) is -1.13. The number of aliphatic hydroxyl groups is 1. The number of urea groups is 1. The first kappa shape index (κ1) is 21.5. The lowest BCUT2D eigenvalue weighted by Gasteiger charge is -2.21. The number of aromatic nitrogens is 1. The molecule has 1 saturated heterocycles. The van der Waals surface area contributed by atoms with E-state index in [-0.39, 0.29) is 44.0 Å². The Bertz CT molecular complexity index is 716. The number of hydrogen-bond acceptors (Lipinski definition) is 7. The molecule has 1 aliphatic heterocycles. The number of nitrogens with zero attached hydrogens (tertiary/aromatic N) is 3. The summed E-state index contributed by atoms with van der Waals surface area (Å²) < 4.78 is 30.7. The minimum Gasteiger partial charge on any atom is -0.395 e. The normalized spacial score (nSPS) is 14.8. The van der Waals surface area contributed by atoms with Gasteiger partial charge in [-0.15, -0.1) is 0 Å². The van der Waals surface area contributed by atoms with Crippen molar-refractivity contribution in [3.63, 3.8) is 0 Å². The summed E-state index contributed by atoms with van der Waals surface area (Å²) in [5.74, 6) is -0.0405. The number of pyridine rings is 1. The molecule has 11 heteroatoms. The monoisotopic (exact) mass is 398 g/mol. The van der Waals surface area contributed by atoms with Crippen molar-refractivity contribution in [2.45, 2.75) is 13.0 Å². The Morgan fingerprint density at radius 1 is 1.46 bits per heavy atom. The summed E-state index contributed by atoms with van der Waals surface area (Å²) in [5.41, 5.74) is 0.380. The van der Waals surface area contributed by atoms with E-state index < -0.39 is 6.43 Å². The number of nitrogens with one attached hydrogen (secondary N) is 3. The van der Waals surface area contributed by atoms with Crippen LogP contribution < -0.4 is 10.6 Å². The summed E-state index contributed by atoms with van der Waals surface area (Å²) in [7, 11) is 1.65. The minimum atomic E-state index is -2.65. The number of carbonyl (C=O) groups excluding carboxylic acids is 1. The largest absolute Gasteiger partial charge is 0.395 e. The number of ether oxygens (including phenoxy) is 1. The number of halogens is 2. The highest BCUT2D eigenvalue weighted by Gasteiger charge is 2.32. The number of rotatable bonds is 10. The van der Waals surface area contributed by atoms with E-state index in [1.54, 1.807) is 13.1 Å². The molecule has 154 valence electrons. The molecule has 1 fully saturated rings. The Morgan fingerprint density at radius 2 is 2.25 bits per heavy atom. The zero-order valence-electron chi connectivity index (χ0n) is 15.5. The lowest BCUT2D eigenvalue weighted by molar-refractivity contribution is 0.106. The van der Waals surface area contributed by atoms with Gasteiger partial charge >= 0.3 is 6.03 Å². The summed E-state index contributed by atoms with van der Waals surface area (Å²) >= 11 is 0. The molecule has 0 aromatic carbocycles. The molecule has 1 aliphatic rings. The zero-order valence-corrected chi connectivity index (χ0v) is 15.5. The molecule has 0 spiro atoms. The summed E-state index contributed by atoms with van der Waals surface area (Å²) in [4.78, 5) is 18.8. The standard InChI is InChI=1S/C17H24F2N6O3/c1-21-9-14(16(20)25-6-5-24(7-8-26)17(25)27)22-11-28-10-12-3-2-4-13(23-12)15(18)19/h2-4,9,15,20-22,26H,5-8,10-11H2,1H3/b14-9+,20-16?. The predicted octanol–water partition coefficient (Wildman–Crippen LogP) is 0.851. The highest BCUT2D eigenvalue weighted by Crippen LogP contribution is 2.16. The molecule has 1 aromatic rings. The van der Waals surface area contributed by atoms with Crippen LogP contribution in [0.4, 0.5) is 13.6 Å². The van der Waals surface area contributed by atoms with Crippen molar-refractivity contribution in [3.8, 4) is 0 Å². The van der Waals surface area contributed by atoms with Gasteiger partial charge in [0.05, 0.1) is 24.6 Å². The van der Waals surface area contributed by atoms with E-state index in [9.17, 15) is 13.6 Å². The van der Waals surface area contributed by atoms with Crippen molar-refractivity contribution in [1.29, 1.82) is 5.41 Å². The smallest absolute Gasteiger partial charge is 0.325 e. The van der Waals surface area contributed by atoms with Gasteiger partial charge in [0.2, 0.25) is 0 Å². The predicted molar refractivity (Wildman–Crippen MR) is 97.6 cm³/mol. The van der Waals surface area contributed by atoms with Crippen LogP contribution in [0.1, 0.15) is 17.8 Å². The maximum absolute atomic E-state index is 12.7. The van der Waals surface area contributed by atoms with Crippen LogP contribution in [0.5, 0.6) is 0 Å². The molecule has 2 heterocycles. The van der Waals surface area contributed by atoms with Crippen LogP contribution in [0.2, 0.25) is 0 Å².